The summed E-state index contributed by atoms with van der Waals surface area (Å²) in [6, 6.07) is 12.5. The van der Waals surface area contributed by atoms with Crippen LogP contribution < -0.4 is 5.32 Å². The molecule has 1 amide bonds. The van der Waals surface area contributed by atoms with Crippen molar-refractivity contribution in [3.63, 3.8) is 0 Å². The second-order valence-corrected chi connectivity index (χ2v) is 6.52. The fraction of sp³-hybridized carbons (Fsp3) is 0.211. The first-order chi connectivity index (χ1) is 12.4. The number of aromatic nitrogens is 3. The van der Waals surface area contributed by atoms with E-state index in [0.29, 0.717) is 28.4 Å². The quantitative estimate of drug-likeness (QED) is 0.655. The maximum Gasteiger partial charge on any atom is 0.226 e. The van der Waals surface area contributed by atoms with Crippen LogP contribution in [0.4, 0.5) is 10.1 Å². The third kappa shape index (κ3) is 4.05. The van der Waals surface area contributed by atoms with Crippen molar-refractivity contribution in [3.8, 4) is 11.4 Å². The van der Waals surface area contributed by atoms with Crippen LogP contribution in [0.3, 0.4) is 0 Å². The highest BCUT2D eigenvalue weighted by Crippen LogP contribution is 2.19. The fourth-order valence-corrected chi connectivity index (χ4v) is 2.86. The average molecular weight is 370 g/mol. The summed E-state index contributed by atoms with van der Waals surface area (Å²) in [4.78, 5) is 12.2. The molecular weight excluding hydrogens is 351 g/mol. The molecule has 0 spiro atoms. The fourth-order valence-electron chi connectivity index (χ4n) is 2.64. The molecule has 0 radical (unpaired) electrons. The van der Waals surface area contributed by atoms with Crippen LogP contribution in [-0.4, -0.2) is 20.7 Å². The number of aryl methyl sites for hydroxylation is 2. The summed E-state index contributed by atoms with van der Waals surface area (Å²) in [5.41, 5.74) is 3.02. The molecule has 0 aliphatic heterocycles. The maximum atomic E-state index is 13.6. The van der Waals surface area contributed by atoms with Gasteiger partial charge in [-0.05, 0) is 49.8 Å². The first-order valence-electron chi connectivity index (χ1n) is 8.22. The van der Waals surface area contributed by atoms with Gasteiger partial charge >= 0.3 is 0 Å². The van der Waals surface area contributed by atoms with Crippen molar-refractivity contribution in [2.75, 3.05) is 5.32 Å². The zero-order valence-electron chi connectivity index (χ0n) is 14.5. The molecule has 0 saturated heterocycles. The molecule has 7 heteroatoms. The van der Waals surface area contributed by atoms with Crippen molar-refractivity contribution in [3.05, 3.63) is 64.2 Å². The van der Waals surface area contributed by atoms with Gasteiger partial charge in [0.05, 0.1) is 0 Å². The Kier molecular flexibility index (Phi) is 5.27. The number of benzene rings is 2. The molecule has 0 saturated carbocycles. The molecule has 3 aromatic rings. The second kappa shape index (κ2) is 7.61. The molecule has 3 rings (SSSR count). The molecule has 2 aromatic carbocycles. The third-order valence-corrected chi connectivity index (χ3v) is 4.36. The molecule has 5 nitrogen and oxygen atoms in total. The van der Waals surface area contributed by atoms with E-state index in [2.05, 4.69) is 15.5 Å². The molecule has 0 aliphatic rings. The van der Waals surface area contributed by atoms with Crippen LogP contribution in [0, 0.1) is 24.4 Å². The van der Waals surface area contributed by atoms with E-state index >= 15 is 0 Å². The topological polar surface area (TPSA) is 62.7 Å². The zero-order chi connectivity index (χ0) is 18.7. The summed E-state index contributed by atoms with van der Waals surface area (Å²) in [6.45, 7) is 4.05. The molecule has 0 atom stereocenters. The third-order valence-electron chi connectivity index (χ3n) is 4.05. The molecule has 0 unspecified atom stereocenters. The SMILES string of the molecule is Cc1cccc(-c2n[nH]c(=S)n2CCC(=O)Nc2ccc(C)c(F)c2)c1. The van der Waals surface area contributed by atoms with Crippen molar-refractivity contribution < 1.29 is 9.18 Å². The van der Waals surface area contributed by atoms with E-state index in [1.165, 1.54) is 6.07 Å². The van der Waals surface area contributed by atoms with Crippen LogP contribution >= 0.6 is 12.2 Å². The Morgan fingerprint density at radius 1 is 1.27 bits per heavy atom. The smallest absolute Gasteiger partial charge is 0.226 e. The Hall–Kier alpha value is -2.80. The van der Waals surface area contributed by atoms with Crippen LogP contribution in [0.5, 0.6) is 0 Å². The predicted octanol–water partition coefficient (Wildman–Crippen LogP) is 4.39. The Morgan fingerprint density at radius 3 is 2.81 bits per heavy atom. The molecule has 26 heavy (non-hydrogen) atoms. The van der Waals surface area contributed by atoms with Crippen LogP contribution in [-0.2, 0) is 11.3 Å². The number of anilines is 1. The van der Waals surface area contributed by atoms with Crippen molar-refractivity contribution >= 4 is 23.8 Å². The number of hydrogen-bond donors (Lipinski definition) is 2. The Balaban J connectivity index is 1.72. The lowest BCUT2D eigenvalue weighted by atomic mass is 10.1. The first-order valence-corrected chi connectivity index (χ1v) is 8.63. The van der Waals surface area contributed by atoms with Crippen molar-refractivity contribution in [1.29, 1.82) is 0 Å². The average Bonchev–Trinajstić information content (AvgIpc) is 2.97. The molecule has 0 aliphatic carbocycles. The Labute approximate surface area is 155 Å². The lowest BCUT2D eigenvalue weighted by molar-refractivity contribution is -0.116. The van der Waals surface area contributed by atoms with Crippen LogP contribution in [0.1, 0.15) is 17.5 Å². The molecular formula is C19H19FN4OS. The summed E-state index contributed by atoms with van der Waals surface area (Å²) in [5, 5.41) is 9.75. The van der Waals surface area contributed by atoms with Gasteiger partial charge in [0.1, 0.15) is 5.82 Å². The molecule has 134 valence electrons. The zero-order valence-corrected chi connectivity index (χ0v) is 15.4. The number of nitrogens with one attached hydrogen (secondary N) is 2. The van der Waals surface area contributed by atoms with E-state index in [1.54, 1.807) is 23.6 Å². The lowest BCUT2D eigenvalue weighted by Crippen LogP contribution is -2.15. The van der Waals surface area contributed by atoms with Crippen LogP contribution in [0.2, 0.25) is 0 Å². The van der Waals surface area contributed by atoms with E-state index in [1.807, 2.05) is 31.2 Å². The normalized spacial score (nSPS) is 10.7. The highest BCUT2D eigenvalue weighted by atomic mass is 32.1. The van der Waals surface area contributed by atoms with Crippen LogP contribution in [0.25, 0.3) is 11.4 Å². The van der Waals surface area contributed by atoms with Gasteiger partial charge in [-0.15, -0.1) is 0 Å². The molecule has 2 N–H and O–H groups in total. The minimum atomic E-state index is -0.346. The van der Waals surface area contributed by atoms with E-state index in [0.717, 1.165) is 11.1 Å². The van der Waals surface area contributed by atoms with Gasteiger partial charge in [-0.25, -0.2) is 4.39 Å². The number of aromatic amines is 1. The highest BCUT2D eigenvalue weighted by molar-refractivity contribution is 7.71. The number of rotatable bonds is 5. The predicted molar refractivity (Wildman–Crippen MR) is 102 cm³/mol. The largest absolute Gasteiger partial charge is 0.326 e. The minimum Gasteiger partial charge on any atom is -0.326 e. The summed E-state index contributed by atoms with van der Waals surface area (Å²) < 4.78 is 15.8. The molecule has 0 bridgehead atoms. The number of hydrogen-bond acceptors (Lipinski definition) is 3. The molecule has 1 heterocycles. The van der Waals surface area contributed by atoms with Gasteiger partial charge in [0.2, 0.25) is 5.91 Å². The number of carbonyl (C=O) groups is 1. The van der Waals surface area contributed by atoms with E-state index < -0.39 is 0 Å². The van der Waals surface area contributed by atoms with Gasteiger partial charge in [-0.1, -0.05) is 29.8 Å². The molecule has 0 fully saturated rings. The molecule has 1 aromatic heterocycles. The number of carbonyl (C=O) groups excluding carboxylic acids is 1. The first kappa shape index (κ1) is 18.0. The Bertz CT molecular complexity index is 1010. The van der Waals surface area contributed by atoms with Crippen LogP contribution in [0.15, 0.2) is 42.5 Å². The van der Waals surface area contributed by atoms with Gasteiger partial charge in [0, 0.05) is 24.2 Å². The summed E-state index contributed by atoms with van der Waals surface area (Å²) in [7, 11) is 0. The monoisotopic (exact) mass is 370 g/mol. The van der Waals surface area contributed by atoms with Gasteiger partial charge in [0.25, 0.3) is 0 Å². The summed E-state index contributed by atoms with van der Waals surface area (Å²) in [6.07, 6.45) is 0.197. The van der Waals surface area contributed by atoms with Gasteiger partial charge in [-0.2, -0.15) is 5.10 Å². The second-order valence-electron chi connectivity index (χ2n) is 6.14. The van der Waals surface area contributed by atoms with Gasteiger partial charge in [0.15, 0.2) is 10.6 Å². The van der Waals surface area contributed by atoms with Crippen molar-refractivity contribution in [2.45, 2.75) is 26.8 Å². The number of amides is 1. The number of nitrogens with zero attached hydrogens (tertiary/aromatic N) is 2. The maximum absolute atomic E-state index is 13.6. The van der Waals surface area contributed by atoms with Gasteiger partial charge < -0.3 is 5.32 Å². The minimum absolute atomic E-state index is 0.197. The van der Waals surface area contributed by atoms with E-state index in [-0.39, 0.29) is 18.1 Å². The highest BCUT2D eigenvalue weighted by Gasteiger charge is 2.11. The van der Waals surface area contributed by atoms with E-state index in [9.17, 15) is 9.18 Å². The standard InChI is InChI=1S/C19H19FN4OS/c1-12-4-3-5-14(10-12)18-22-23-19(26)24(18)9-8-17(25)21-15-7-6-13(2)16(20)11-15/h3-7,10-11H,8-9H2,1-2H3,(H,21,25)(H,23,26). The van der Waals surface area contributed by atoms with E-state index in [4.69, 9.17) is 12.2 Å². The van der Waals surface area contributed by atoms with Crippen molar-refractivity contribution in [1.82, 2.24) is 14.8 Å². The summed E-state index contributed by atoms with van der Waals surface area (Å²) in [5.74, 6) is 0.126. The number of halogens is 1. The summed E-state index contributed by atoms with van der Waals surface area (Å²) >= 11 is 5.28. The van der Waals surface area contributed by atoms with Gasteiger partial charge in [-0.3, -0.25) is 14.5 Å². The Morgan fingerprint density at radius 2 is 2.08 bits per heavy atom. The lowest BCUT2D eigenvalue weighted by Gasteiger charge is -2.09. The number of H-pyrrole nitrogens is 1. The van der Waals surface area contributed by atoms with Crippen molar-refractivity contribution in [2.24, 2.45) is 0 Å².